The van der Waals surface area contributed by atoms with Crippen molar-refractivity contribution < 1.29 is 4.74 Å². The number of benzene rings is 1. The fourth-order valence-electron chi connectivity index (χ4n) is 3.50. The van der Waals surface area contributed by atoms with Crippen molar-refractivity contribution in [1.82, 2.24) is 0 Å². The van der Waals surface area contributed by atoms with Crippen molar-refractivity contribution >= 4 is 0 Å². The highest BCUT2D eigenvalue weighted by Crippen LogP contribution is 2.47. The Kier molecular flexibility index (Phi) is 2.44. The van der Waals surface area contributed by atoms with E-state index in [4.69, 9.17) is 10.5 Å². The number of hydrogen-bond acceptors (Lipinski definition) is 2. The van der Waals surface area contributed by atoms with Gasteiger partial charge in [0.15, 0.2) is 0 Å². The van der Waals surface area contributed by atoms with Crippen molar-refractivity contribution in [1.29, 1.82) is 0 Å². The van der Waals surface area contributed by atoms with E-state index in [1.165, 1.54) is 42.4 Å². The van der Waals surface area contributed by atoms with E-state index in [0.717, 1.165) is 12.2 Å². The van der Waals surface area contributed by atoms with Crippen LogP contribution in [0.4, 0.5) is 0 Å². The SMILES string of the molecule is Cc1cc(C)c2c(c1)C(N)CC1(CCCC1)O2. The van der Waals surface area contributed by atoms with Crippen molar-refractivity contribution in [2.45, 2.75) is 57.6 Å². The molecular formula is C15H21NO. The van der Waals surface area contributed by atoms with E-state index in [2.05, 4.69) is 26.0 Å². The second-order valence-electron chi connectivity index (χ2n) is 5.80. The van der Waals surface area contributed by atoms with Crippen molar-refractivity contribution in [3.05, 3.63) is 28.8 Å². The summed E-state index contributed by atoms with van der Waals surface area (Å²) in [7, 11) is 0. The Morgan fingerprint density at radius 1 is 1.24 bits per heavy atom. The van der Waals surface area contributed by atoms with E-state index in [9.17, 15) is 0 Å². The molecule has 2 aliphatic rings. The molecule has 1 aromatic carbocycles. The zero-order chi connectivity index (χ0) is 12.0. The smallest absolute Gasteiger partial charge is 0.127 e. The van der Waals surface area contributed by atoms with Crippen LogP contribution in [-0.2, 0) is 0 Å². The molecule has 0 saturated heterocycles. The zero-order valence-electron chi connectivity index (χ0n) is 10.8. The standard InChI is InChI=1S/C15H21NO/c1-10-7-11(2)14-12(8-10)13(16)9-15(17-14)5-3-4-6-15/h7-8,13H,3-6,9,16H2,1-2H3. The van der Waals surface area contributed by atoms with E-state index in [0.29, 0.717) is 0 Å². The molecule has 1 fully saturated rings. The van der Waals surface area contributed by atoms with Crippen molar-refractivity contribution in [2.75, 3.05) is 0 Å². The maximum absolute atomic E-state index is 6.36. The Morgan fingerprint density at radius 2 is 1.94 bits per heavy atom. The largest absolute Gasteiger partial charge is 0.487 e. The number of hydrogen-bond donors (Lipinski definition) is 1. The van der Waals surface area contributed by atoms with Gasteiger partial charge in [0, 0.05) is 18.0 Å². The summed E-state index contributed by atoms with van der Waals surface area (Å²) < 4.78 is 6.36. The van der Waals surface area contributed by atoms with Crippen LogP contribution in [0.5, 0.6) is 5.75 Å². The average molecular weight is 231 g/mol. The first kappa shape index (κ1) is 11.1. The predicted octanol–water partition coefficient (Wildman–Crippen LogP) is 3.40. The van der Waals surface area contributed by atoms with E-state index in [1.807, 2.05) is 0 Å². The molecule has 1 atom stereocenters. The molecule has 0 aromatic heterocycles. The third-order valence-electron chi connectivity index (χ3n) is 4.27. The molecule has 1 heterocycles. The lowest BCUT2D eigenvalue weighted by atomic mass is 9.85. The third kappa shape index (κ3) is 1.75. The summed E-state index contributed by atoms with van der Waals surface area (Å²) in [5.74, 6) is 1.07. The van der Waals surface area contributed by atoms with Gasteiger partial charge >= 0.3 is 0 Å². The lowest BCUT2D eigenvalue weighted by Gasteiger charge is -2.39. The van der Waals surface area contributed by atoms with Crippen LogP contribution in [0.1, 0.15) is 54.8 Å². The van der Waals surface area contributed by atoms with Gasteiger partial charge in [0.05, 0.1) is 0 Å². The Morgan fingerprint density at radius 3 is 2.65 bits per heavy atom. The van der Waals surface area contributed by atoms with Crippen LogP contribution >= 0.6 is 0 Å². The molecule has 2 heteroatoms. The monoisotopic (exact) mass is 231 g/mol. The van der Waals surface area contributed by atoms with E-state index in [-0.39, 0.29) is 11.6 Å². The molecule has 2 nitrogen and oxygen atoms in total. The minimum atomic E-state index is 0.0481. The number of aryl methyl sites for hydroxylation is 2. The van der Waals surface area contributed by atoms with Crippen LogP contribution in [-0.4, -0.2) is 5.60 Å². The molecule has 1 spiro atoms. The average Bonchev–Trinajstić information content (AvgIpc) is 2.69. The molecule has 1 unspecified atom stereocenters. The van der Waals surface area contributed by atoms with E-state index >= 15 is 0 Å². The van der Waals surface area contributed by atoms with Crippen LogP contribution in [0, 0.1) is 13.8 Å². The molecule has 1 saturated carbocycles. The maximum Gasteiger partial charge on any atom is 0.127 e. The molecule has 0 radical (unpaired) electrons. The molecule has 1 aliphatic heterocycles. The molecule has 3 rings (SSSR count). The lowest BCUT2D eigenvalue weighted by Crippen LogP contribution is -2.40. The summed E-state index contributed by atoms with van der Waals surface area (Å²) in [6.07, 6.45) is 5.91. The Bertz CT molecular complexity index is 446. The van der Waals surface area contributed by atoms with E-state index in [1.54, 1.807) is 0 Å². The Labute approximate surface area is 103 Å². The topological polar surface area (TPSA) is 35.2 Å². The molecule has 17 heavy (non-hydrogen) atoms. The minimum Gasteiger partial charge on any atom is -0.487 e. The highest BCUT2D eigenvalue weighted by molar-refractivity contribution is 5.47. The van der Waals surface area contributed by atoms with Crippen LogP contribution in [0.3, 0.4) is 0 Å². The first-order chi connectivity index (χ1) is 8.10. The van der Waals surface area contributed by atoms with Gasteiger partial charge in [-0.3, -0.25) is 0 Å². The molecule has 92 valence electrons. The van der Waals surface area contributed by atoms with Crippen molar-refractivity contribution in [3.63, 3.8) is 0 Å². The quantitative estimate of drug-likeness (QED) is 0.742. The van der Waals surface area contributed by atoms with Crippen LogP contribution in [0.15, 0.2) is 12.1 Å². The number of rotatable bonds is 0. The van der Waals surface area contributed by atoms with Crippen LogP contribution in [0.25, 0.3) is 0 Å². The molecule has 0 bridgehead atoms. The third-order valence-corrected chi connectivity index (χ3v) is 4.27. The maximum atomic E-state index is 6.36. The summed E-state index contributed by atoms with van der Waals surface area (Å²) >= 11 is 0. The lowest BCUT2D eigenvalue weighted by molar-refractivity contribution is 0.0418. The zero-order valence-corrected chi connectivity index (χ0v) is 10.8. The summed E-state index contributed by atoms with van der Waals surface area (Å²) in [4.78, 5) is 0. The first-order valence-electron chi connectivity index (χ1n) is 6.65. The number of nitrogens with two attached hydrogens (primary N) is 1. The van der Waals surface area contributed by atoms with Gasteiger partial charge in [-0.15, -0.1) is 0 Å². The molecule has 1 aliphatic carbocycles. The highest BCUT2D eigenvalue weighted by Gasteiger charge is 2.42. The number of fused-ring (bicyclic) bond motifs is 1. The van der Waals surface area contributed by atoms with Crippen molar-refractivity contribution in [2.24, 2.45) is 5.73 Å². The normalized spacial score (nSPS) is 25.7. The van der Waals surface area contributed by atoms with Gasteiger partial charge < -0.3 is 10.5 Å². The van der Waals surface area contributed by atoms with Gasteiger partial charge in [-0.2, -0.15) is 0 Å². The summed E-state index contributed by atoms with van der Waals surface area (Å²) in [6.45, 7) is 4.26. The Balaban J connectivity index is 2.06. The first-order valence-corrected chi connectivity index (χ1v) is 6.65. The summed E-state index contributed by atoms with van der Waals surface area (Å²) in [5.41, 5.74) is 10.1. The second-order valence-corrected chi connectivity index (χ2v) is 5.80. The van der Waals surface area contributed by atoms with Gasteiger partial charge in [-0.1, -0.05) is 17.7 Å². The molecule has 0 amide bonds. The molecule has 2 N–H and O–H groups in total. The van der Waals surface area contributed by atoms with Crippen LogP contribution in [0.2, 0.25) is 0 Å². The van der Waals surface area contributed by atoms with Gasteiger partial charge in [-0.05, 0) is 45.1 Å². The molecule has 1 aromatic rings. The van der Waals surface area contributed by atoms with E-state index < -0.39 is 0 Å². The minimum absolute atomic E-state index is 0.0481. The fourth-order valence-corrected chi connectivity index (χ4v) is 3.50. The number of ether oxygens (including phenoxy) is 1. The van der Waals surface area contributed by atoms with Gasteiger partial charge in [0.25, 0.3) is 0 Å². The molecular weight excluding hydrogens is 210 g/mol. The summed E-state index contributed by atoms with van der Waals surface area (Å²) in [6, 6.07) is 4.53. The van der Waals surface area contributed by atoms with Gasteiger partial charge in [-0.25, -0.2) is 0 Å². The highest BCUT2D eigenvalue weighted by atomic mass is 16.5. The Hall–Kier alpha value is -1.02. The summed E-state index contributed by atoms with van der Waals surface area (Å²) in [5, 5.41) is 0. The van der Waals surface area contributed by atoms with Gasteiger partial charge in [0.1, 0.15) is 11.4 Å². The fraction of sp³-hybridized carbons (Fsp3) is 0.600. The van der Waals surface area contributed by atoms with Crippen LogP contribution < -0.4 is 10.5 Å². The second kappa shape index (κ2) is 3.74. The van der Waals surface area contributed by atoms with Crippen molar-refractivity contribution in [3.8, 4) is 5.75 Å². The predicted molar refractivity (Wildman–Crippen MR) is 69.3 cm³/mol. The van der Waals surface area contributed by atoms with Gasteiger partial charge in [0.2, 0.25) is 0 Å².